The van der Waals surface area contributed by atoms with Gasteiger partial charge in [-0.3, -0.25) is 24.4 Å². The fourth-order valence-electron chi connectivity index (χ4n) is 5.75. The van der Waals surface area contributed by atoms with Crippen molar-refractivity contribution in [2.45, 2.75) is 44.1 Å². The van der Waals surface area contributed by atoms with Gasteiger partial charge in [0, 0.05) is 42.5 Å². The molecule has 5 rings (SSSR count). The maximum Gasteiger partial charge on any atom is 0.325 e. The topological polar surface area (TPSA) is 85.8 Å². The first kappa shape index (κ1) is 23.9. The predicted molar refractivity (Wildman–Crippen MR) is 134 cm³/mol. The van der Waals surface area contributed by atoms with Gasteiger partial charge in [0.15, 0.2) is 5.54 Å². The molecule has 8 nitrogen and oxygen atoms in total. The average Bonchev–Trinajstić information content (AvgIpc) is 3.50. The Labute approximate surface area is 210 Å². The number of likely N-dealkylation sites (tertiary alicyclic amines) is 2. The highest BCUT2D eigenvalue weighted by molar-refractivity contribution is 7.09. The van der Waals surface area contributed by atoms with Crippen molar-refractivity contribution in [3.05, 3.63) is 52.5 Å². The fourth-order valence-corrected chi connectivity index (χ4v) is 6.45. The van der Waals surface area contributed by atoms with Crippen molar-refractivity contribution in [2.75, 3.05) is 39.3 Å². The number of imide groups is 1. The van der Waals surface area contributed by atoms with E-state index >= 15 is 0 Å². The van der Waals surface area contributed by atoms with Crippen LogP contribution >= 0.6 is 11.3 Å². The zero-order valence-corrected chi connectivity index (χ0v) is 20.8. The minimum absolute atomic E-state index is 0.103. The zero-order chi connectivity index (χ0) is 24.3. The molecule has 1 atom stereocenters. The molecule has 2 aromatic rings. The molecule has 0 radical (unpaired) electrons. The Morgan fingerprint density at radius 1 is 1.09 bits per heavy atom. The summed E-state index contributed by atoms with van der Waals surface area (Å²) in [4.78, 5) is 50.9. The molecule has 0 saturated carbocycles. The van der Waals surface area contributed by atoms with Crippen LogP contribution in [-0.4, -0.2) is 76.8 Å². The van der Waals surface area contributed by atoms with E-state index in [4.69, 9.17) is 0 Å². The van der Waals surface area contributed by atoms with Crippen LogP contribution in [0.2, 0.25) is 0 Å². The molecule has 186 valence electrons. The molecule has 1 N–H and O–H groups in total. The maximum absolute atomic E-state index is 13.9. The molecule has 5 heterocycles. The van der Waals surface area contributed by atoms with Gasteiger partial charge in [0.2, 0.25) is 5.91 Å². The molecule has 0 bridgehead atoms. The minimum atomic E-state index is -1.14. The van der Waals surface area contributed by atoms with Crippen molar-refractivity contribution >= 4 is 29.2 Å². The number of thiophene rings is 1. The van der Waals surface area contributed by atoms with E-state index in [-0.39, 0.29) is 23.8 Å². The normalized spacial score (nSPS) is 24.1. The van der Waals surface area contributed by atoms with Gasteiger partial charge in [-0.1, -0.05) is 18.6 Å². The van der Waals surface area contributed by atoms with Crippen LogP contribution in [0.3, 0.4) is 0 Å². The second kappa shape index (κ2) is 10.5. The molecule has 3 aliphatic rings. The number of hydrogen-bond donors (Lipinski definition) is 1. The fraction of sp³-hybridized carbons (Fsp3) is 0.538. The van der Waals surface area contributed by atoms with Crippen molar-refractivity contribution in [3.63, 3.8) is 0 Å². The number of carbonyl (C=O) groups is 3. The summed E-state index contributed by atoms with van der Waals surface area (Å²) in [6, 6.07) is 7.34. The van der Waals surface area contributed by atoms with E-state index in [1.54, 1.807) is 23.7 Å². The van der Waals surface area contributed by atoms with E-state index in [1.165, 1.54) is 11.3 Å². The van der Waals surface area contributed by atoms with E-state index in [1.807, 2.05) is 34.5 Å². The molecule has 0 aliphatic carbocycles. The number of amides is 4. The number of carbonyl (C=O) groups excluding carboxylic acids is 3. The second-order valence-corrected chi connectivity index (χ2v) is 10.8. The van der Waals surface area contributed by atoms with Crippen LogP contribution in [0.4, 0.5) is 4.79 Å². The van der Waals surface area contributed by atoms with Crippen LogP contribution in [0, 0.1) is 5.92 Å². The summed E-state index contributed by atoms with van der Waals surface area (Å²) < 4.78 is 0. The summed E-state index contributed by atoms with van der Waals surface area (Å²) in [5.74, 6) is -0.140. The smallest absolute Gasteiger partial charge is 0.325 e. The monoisotopic (exact) mass is 495 g/mol. The quantitative estimate of drug-likeness (QED) is 0.597. The molecular weight excluding hydrogens is 462 g/mol. The Balaban J connectivity index is 1.30. The summed E-state index contributed by atoms with van der Waals surface area (Å²) in [5.41, 5.74) is -0.418. The molecule has 0 unspecified atom stereocenters. The minimum Gasteiger partial charge on any atom is -0.342 e. The molecule has 3 aliphatic heterocycles. The van der Waals surface area contributed by atoms with Crippen molar-refractivity contribution in [1.82, 2.24) is 25.0 Å². The number of hydrogen-bond acceptors (Lipinski definition) is 6. The molecule has 0 aromatic carbocycles. The zero-order valence-electron chi connectivity index (χ0n) is 20.0. The lowest BCUT2D eigenvalue weighted by molar-refractivity contribution is -0.137. The first-order valence-electron chi connectivity index (χ1n) is 12.6. The molecule has 35 heavy (non-hydrogen) atoms. The molecule has 4 amide bonds. The highest BCUT2D eigenvalue weighted by atomic mass is 32.1. The summed E-state index contributed by atoms with van der Waals surface area (Å²) in [6.07, 6.45) is 8.89. The molecule has 9 heteroatoms. The first-order valence-corrected chi connectivity index (χ1v) is 13.5. The van der Waals surface area contributed by atoms with Crippen molar-refractivity contribution in [3.8, 4) is 0 Å². The highest BCUT2D eigenvalue weighted by Gasteiger charge is 2.57. The third-order valence-electron chi connectivity index (χ3n) is 7.68. The van der Waals surface area contributed by atoms with Gasteiger partial charge in [-0.2, -0.15) is 0 Å². The lowest BCUT2D eigenvalue weighted by Crippen LogP contribution is -2.55. The van der Waals surface area contributed by atoms with Crippen molar-refractivity contribution in [1.29, 1.82) is 0 Å². The Morgan fingerprint density at radius 2 is 1.89 bits per heavy atom. The van der Waals surface area contributed by atoms with Crippen molar-refractivity contribution in [2.24, 2.45) is 5.92 Å². The first-order chi connectivity index (χ1) is 17.1. The van der Waals surface area contributed by atoms with Gasteiger partial charge in [-0.25, -0.2) is 4.79 Å². The SMILES string of the molecule is O=C(CN1CCCCC1)N1CCC([C@@]2(c3cccnc3)NC(=O)N(CCc3cccs3)C2=O)CC1. The van der Waals surface area contributed by atoms with Crippen LogP contribution < -0.4 is 5.32 Å². The maximum atomic E-state index is 13.9. The predicted octanol–water partition coefficient (Wildman–Crippen LogP) is 2.86. The van der Waals surface area contributed by atoms with E-state index in [9.17, 15) is 14.4 Å². The second-order valence-electron chi connectivity index (χ2n) is 9.76. The third kappa shape index (κ3) is 4.84. The standard InChI is InChI=1S/C26H33N5O3S/c32-23(19-29-12-2-1-3-13-29)30-14-8-20(9-15-30)26(21-6-4-11-27-18-21)24(33)31(25(34)28-26)16-10-22-7-5-17-35-22/h4-7,11,17-18,20H,1-3,8-10,12-16,19H2,(H,28,34)/t26-/m0/s1. The van der Waals surface area contributed by atoms with Gasteiger partial charge < -0.3 is 10.2 Å². The van der Waals surface area contributed by atoms with E-state index < -0.39 is 5.54 Å². The number of nitrogens with zero attached hydrogens (tertiary/aromatic N) is 4. The highest BCUT2D eigenvalue weighted by Crippen LogP contribution is 2.41. The Bertz CT molecular complexity index is 1030. The Morgan fingerprint density at radius 3 is 2.57 bits per heavy atom. The van der Waals surface area contributed by atoms with E-state index in [2.05, 4.69) is 15.2 Å². The molecule has 3 saturated heterocycles. The van der Waals surface area contributed by atoms with Crippen molar-refractivity contribution < 1.29 is 14.4 Å². The Hall–Kier alpha value is -2.78. The number of rotatable bonds is 7. The average molecular weight is 496 g/mol. The summed E-state index contributed by atoms with van der Waals surface area (Å²) in [6.45, 7) is 4.00. The summed E-state index contributed by atoms with van der Waals surface area (Å²) in [7, 11) is 0. The number of urea groups is 1. The molecule has 3 fully saturated rings. The van der Waals surface area contributed by atoms with Crippen LogP contribution in [0.1, 0.15) is 42.5 Å². The van der Waals surface area contributed by atoms with Crippen LogP contribution in [-0.2, 0) is 21.5 Å². The van der Waals surface area contributed by atoms with Crippen LogP contribution in [0.25, 0.3) is 0 Å². The van der Waals surface area contributed by atoms with Crippen LogP contribution in [0.15, 0.2) is 42.0 Å². The van der Waals surface area contributed by atoms with Gasteiger partial charge in [-0.05, 0) is 68.6 Å². The largest absolute Gasteiger partial charge is 0.342 e. The third-order valence-corrected chi connectivity index (χ3v) is 8.61. The van der Waals surface area contributed by atoms with Crippen LogP contribution in [0.5, 0.6) is 0 Å². The number of nitrogens with one attached hydrogen (secondary N) is 1. The van der Waals surface area contributed by atoms with Gasteiger partial charge in [0.1, 0.15) is 0 Å². The summed E-state index contributed by atoms with van der Waals surface area (Å²) in [5, 5.41) is 5.08. The molecule has 0 spiro atoms. The summed E-state index contributed by atoms with van der Waals surface area (Å²) >= 11 is 1.63. The molecule has 2 aromatic heterocycles. The van der Waals surface area contributed by atoms with Gasteiger partial charge in [0.25, 0.3) is 5.91 Å². The number of aromatic nitrogens is 1. The van der Waals surface area contributed by atoms with E-state index in [0.717, 1.165) is 36.4 Å². The van der Waals surface area contributed by atoms with Gasteiger partial charge in [-0.15, -0.1) is 11.3 Å². The van der Waals surface area contributed by atoms with E-state index in [0.29, 0.717) is 45.4 Å². The van der Waals surface area contributed by atoms with Gasteiger partial charge in [0.05, 0.1) is 6.54 Å². The lowest BCUT2D eigenvalue weighted by atomic mass is 9.73. The molecular formula is C26H33N5O3S. The lowest BCUT2D eigenvalue weighted by Gasteiger charge is -2.41. The Kier molecular flexibility index (Phi) is 7.15. The number of pyridine rings is 1. The number of piperidine rings is 2. The van der Waals surface area contributed by atoms with Gasteiger partial charge >= 0.3 is 6.03 Å².